The summed E-state index contributed by atoms with van der Waals surface area (Å²) in [6.07, 6.45) is 1.78. The molecule has 116 valence electrons. The fourth-order valence-electron chi connectivity index (χ4n) is 2.36. The van der Waals surface area contributed by atoms with E-state index in [2.05, 4.69) is 4.72 Å². The Kier molecular flexibility index (Phi) is 4.84. The fourth-order valence-corrected chi connectivity index (χ4v) is 3.02. The first kappa shape index (κ1) is 15.8. The number of sulfonamides is 1. The van der Waals surface area contributed by atoms with Crippen molar-refractivity contribution in [2.75, 3.05) is 23.6 Å². The van der Waals surface area contributed by atoms with Crippen LogP contribution in [0.15, 0.2) is 24.3 Å². The maximum absolute atomic E-state index is 12.6. The molecule has 0 radical (unpaired) electrons. The number of amides is 1. The summed E-state index contributed by atoms with van der Waals surface area (Å²) in [6, 6.07) is 6.65. The van der Waals surface area contributed by atoms with Crippen molar-refractivity contribution >= 4 is 21.6 Å². The average Bonchev–Trinajstić information content (AvgIpc) is 2.47. The third-order valence-electron chi connectivity index (χ3n) is 3.55. The van der Waals surface area contributed by atoms with E-state index in [4.69, 9.17) is 5.73 Å². The number of hydrogen-bond donors (Lipinski definition) is 2. The van der Waals surface area contributed by atoms with Gasteiger partial charge >= 0.3 is 0 Å². The molecule has 0 bridgehead atoms. The van der Waals surface area contributed by atoms with Crippen molar-refractivity contribution in [1.82, 2.24) is 4.90 Å². The number of carbonyl (C=O) groups excluding carboxylic acids is 1. The molecule has 1 heterocycles. The fraction of sp³-hybridized carbons (Fsp3) is 0.500. The van der Waals surface area contributed by atoms with E-state index in [0.717, 1.165) is 12.8 Å². The molecule has 1 aliphatic heterocycles. The van der Waals surface area contributed by atoms with Crippen LogP contribution >= 0.6 is 0 Å². The first-order valence-electron chi connectivity index (χ1n) is 7.07. The molecule has 1 aliphatic rings. The SMILES string of the molecule is CCS(=O)(=O)Nc1ccccc1C(=O)N1CCCC(N)C1. The number of para-hydroxylation sites is 1. The number of anilines is 1. The predicted octanol–water partition coefficient (Wildman–Crippen LogP) is 1.01. The minimum absolute atomic E-state index is 0.0119. The molecule has 1 amide bonds. The minimum atomic E-state index is -3.42. The first-order valence-corrected chi connectivity index (χ1v) is 8.72. The van der Waals surface area contributed by atoms with E-state index < -0.39 is 10.0 Å². The number of nitrogens with one attached hydrogen (secondary N) is 1. The Labute approximate surface area is 125 Å². The average molecular weight is 311 g/mol. The molecule has 1 unspecified atom stereocenters. The van der Waals surface area contributed by atoms with Gasteiger partial charge in [0.15, 0.2) is 0 Å². The van der Waals surface area contributed by atoms with Gasteiger partial charge in [-0.15, -0.1) is 0 Å². The molecule has 0 spiro atoms. The Bertz CT molecular complexity index is 616. The summed E-state index contributed by atoms with van der Waals surface area (Å²) < 4.78 is 25.9. The van der Waals surface area contributed by atoms with Crippen LogP contribution in [-0.2, 0) is 10.0 Å². The molecular weight excluding hydrogens is 290 g/mol. The Morgan fingerprint density at radius 2 is 2.14 bits per heavy atom. The molecule has 2 rings (SSSR count). The van der Waals surface area contributed by atoms with Crippen molar-refractivity contribution in [3.05, 3.63) is 29.8 Å². The van der Waals surface area contributed by atoms with Gasteiger partial charge in [0.25, 0.3) is 5.91 Å². The van der Waals surface area contributed by atoms with Crippen LogP contribution in [0, 0.1) is 0 Å². The third kappa shape index (κ3) is 3.95. The minimum Gasteiger partial charge on any atom is -0.337 e. The smallest absolute Gasteiger partial charge is 0.256 e. The van der Waals surface area contributed by atoms with Gasteiger partial charge in [-0.2, -0.15) is 0 Å². The molecule has 0 saturated carbocycles. The summed E-state index contributed by atoms with van der Waals surface area (Å²) in [5.41, 5.74) is 6.58. The lowest BCUT2D eigenvalue weighted by atomic mass is 10.0. The van der Waals surface area contributed by atoms with Gasteiger partial charge < -0.3 is 10.6 Å². The summed E-state index contributed by atoms with van der Waals surface area (Å²) in [4.78, 5) is 14.3. The highest BCUT2D eigenvalue weighted by molar-refractivity contribution is 7.92. The van der Waals surface area contributed by atoms with Crippen molar-refractivity contribution in [2.45, 2.75) is 25.8 Å². The van der Waals surface area contributed by atoms with Gasteiger partial charge in [-0.25, -0.2) is 8.42 Å². The number of nitrogens with two attached hydrogens (primary N) is 1. The second-order valence-electron chi connectivity index (χ2n) is 5.20. The van der Waals surface area contributed by atoms with E-state index in [-0.39, 0.29) is 17.7 Å². The summed E-state index contributed by atoms with van der Waals surface area (Å²) in [7, 11) is -3.42. The Hall–Kier alpha value is -1.60. The van der Waals surface area contributed by atoms with Gasteiger partial charge in [0, 0.05) is 19.1 Å². The summed E-state index contributed by atoms with van der Waals surface area (Å²) in [5, 5.41) is 0. The molecule has 7 heteroatoms. The van der Waals surface area contributed by atoms with Crippen LogP contribution in [0.2, 0.25) is 0 Å². The van der Waals surface area contributed by atoms with E-state index in [0.29, 0.717) is 24.3 Å². The zero-order chi connectivity index (χ0) is 15.5. The van der Waals surface area contributed by atoms with E-state index >= 15 is 0 Å². The molecule has 1 aromatic carbocycles. The zero-order valence-corrected chi connectivity index (χ0v) is 12.9. The van der Waals surface area contributed by atoms with Gasteiger partial charge in [-0.1, -0.05) is 12.1 Å². The number of piperidine rings is 1. The van der Waals surface area contributed by atoms with Crippen molar-refractivity contribution < 1.29 is 13.2 Å². The Morgan fingerprint density at radius 3 is 2.81 bits per heavy atom. The molecule has 1 saturated heterocycles. The monoisotopic (exact) mass is 311 g/mol. The number of carbonyl (C=O) groups is 1. The lowest BCUT2D eigenvalue weighted by molar-refractivity contribution is 0.0710. The molecule has 0 aliphatic carbocycles. The number of likely N-dealkylation sites (tertiary alicyclic amines) is 1. The summed E-state index contributed by atoms with van der Waals surface area (Å²) in [5.74, 6) is -0.219. The van der Waals surface area contributed by atoms with Gasteiger partial charge in [-0.05, 0) is 31.9 Å². The van der Waals surface area contributed by atoms with Gasteiger partial charge in [0.05, 0.1) is 17.0 Å². The molecular formula is C14H21N3O3S. The highest BCUT2D eigenvalue weighted by atomic mass is 32.2. The summed E-state index contributed by atoms with van der Waals surface area (Å²) >= 11 is 0. The zero-order valence-electron chi connectivity index (χ0n) is 12.1. The third-order valence-corrected chi connectivity index (χ3v) is 4.84. The molecule has 1 atom stereocenters. The maximum Gasteiger partial charge on any atom is 0.256 e. The quantitative estimate of drug-likeness (QED) is 0.868. The second kappa shape index (κ2) is 6.44. The van der Waals surface area contributed by atoms with Crippen molar-refractivity contribution in [3.8, 4) is 0 Å². The lowest BCUT2D eigenvalue weighted by Crippen LogP contribution is -2.45. The summed E-state index contributed by atoms with van der Waals surface area (Å²) in [6.45, 7) is 2.71. The van der Waals surface area contributed by atoms with Crippen LogP contribution < -0.4 is 10.5 Å². The largest absolute Gasteiger partial charge is 0.337 e. The first-order chi connectivity index (χ1) is 9.93. The van der Waals surface area contributed by atoms with E-state index in [1.54, 1.807) is 36.1 Å². The van der Waals surface area contributed by atoms with Crippen LogP contribution in [-0.4, -0.2) is 44.1 Å². The van der Waals surface area contributed by atoms with Crippen LogP contribution in [0.1, 0.15) is 30.1 Å². The number of hydrogen-bond acceptors (Lipinski definition) is 4. The highest BCUT2D eigenvalue weighted by Gasteiger charge is 2.24. The maximum atomic E-state index is 12.6. The van der Waals surface area contributed by atoms with E-state index in [1.807, 2.05) is 0 Å². The highest BCUT2D eigenvalue weighted by Crippen LogP contribution is 2.20. The van der Waals surface area contributed by atoms with Crippen LogP contribution in [0.3, 0.4) is 0 Å². The predicted molar refractivity (Wildman–Crippen MR) is 82.6 cm³/mol. The van der Waals surface area contributed by atoms with Crippen molar-refractivity contribution in [3.63, 3.8) is 0 Å². The van der Waals surface area contributed by atoms with Crippen LogP contribution in [0.25, 0.3) is 0 Å². The molecule has 6 nitrogen and oxygen atoms in total. The molecule has 3 N–H and O–H groups in total. The normalized spacial score (nSPS) is 19.3. The van der Waals surface area contributed by atoms with Crippen molar-refractivity contribution in [1.29, 1.82) is 0 Å². The van der Waals surface area contributed by atoms with Gasteiger partial charge in [0.2, 0.25) is 10.0 Å². The van der Waals surface area contributed by atoms with Crippen LogP contribution in [0.5, 0.6) is 0 Å². The molecule has 0 aromatic heterocycles. The Morgan fingerprint density at radius 1 is 1.43 bits per heavy atom. The lowest BCUT2D eigenvalue weighted by Gasteiger charge is -2.31. The molecule has 21 heavy (non-hydrogen) atoms. The van der Waals surface area contributed by atoms with E-state index in [1.165, 1.54) is 0 Å². The number of nitrogens with zero attached hydrogens (tertiary/aromatic N) is 1. The van der Waals surface area contributed by atoms with Gasteiger partial charge in [0.1, 0.15) is 0 Å². The van der Waals surface area contributed by atoms with Gasteiger partial charge in [-0.3, -0.25) is 9.52 Å². The van der Waals surface area contributed by atoms with E-state index in [9.17, 15) is 13.2 Å². The number of benzene rings is 1. The second-order valence-corrected chi connectivity index (χ2v) is 7.22. The number of rotatable bonds is 4. The molecule has 1 aromatic rings. The van der Waals surface area contributed by atoms with Crippen LogP contribution in [0.4, 0.5) is 5.69 Å². The topological polar surface area (TPSA) is 92.5 Å². The Balaban J connectivity index is 2.25. The van der Waals surface area contributed by atoms with Crippen molar-refractivity contribution in [2.24, 2.45) is 5.73 Å². The molecule has 1 fully saturated rings. The standard InChI is InChI=1S/C14H21N3O3S/c1-2-21(19,20)16-13-8-4-3-7-12(13)14(18)17-9-5-6-11(15)10-17/h3-4,7-8,11,16H,2,5-6,9-10,15H2,1H3.